The molecule has 0 heterocycles. The third-order valence-electron chi connectivity index (χ3n) is 7.30. The maximum absolute atomic E-state index is 7.00. The standard InChI is InChI=1S/C15H22.2CH4O/c1-3-10-5-8(1)12-7-13-9-2-4-11(6-9)15(13)14(10)12;2*1-2/h8-15H,1-7H2;2*2H,1H3. The second-order valence-electron chi connectivity index (χ2n) is 7.38. The zero-order chi connectivity index (χ0) is 13.6. The summed E-state index contributed by atoms with van der Waals surface area (Å²) in [6.45, 7) is 0. The van der Waals surface area contributed by atoms with E-state index in [1.54, 1.807) is 44.9 Å². The highest BCUT2D eigenvalue weighted by Crippen LogP contribution is 2.70. The van der Waals surface area contributed by atoms with Crippen molar-refractivity contribution in [1.82, 2.24) is 0 Å². The second kappa shape index (κ2) is 5.37. The van der Waals surface area contributed by atoms with Crippen LogP contribution in [0.2, 0.25) is 0 Å². The Morgan fingerprint density at radius 1 is 0.526 bits per heavy atom. The highest BCUT2D eigenvalue weighted by molar-refractivity contribution is 5.12. The molecule has 2 nitrogen and oxygen atoms in total. The number of rotatable bonds is 0. The molecule has 5 fully saturated rings. The van der Waals surface area contributed by atoms with Gasteiger partial charge in [0, 0.05) is 14.2 Å². The maximum atomic E-state index is 7.00. The molecule has 0 aliphatic heterocycles. The lowest BCUT2D eigenvalue weighted by atomic mass is 9.72. The highest BCUT2D eigenvalue weighted by Gasteiger charge is 2.63. The highest BCUT2D eigenvalue weighted by atomic mass is 16.2. The largest absolute Gasteiger partial charge is 0.400 e. The normalized spacial score (nSPS) is 54.9. The molecule has 0 aromatic carbocycles. The summed E-state index contributed by atoms with van der Waals surface area (Å²) in [6.07, 6.45) is 11.4. The summed E-state index contributed by atoms with van der Waals surface area (Å²) in [4.78, 5) is 0. The van der Waals surface area contributed by atoms with Crippen LogP contribution < -0.4 is 0 Å². The average Bonchev–Trinajstić information content (AvgIpc) is 3.24. The van der Waals surface area contributed by atoms with Crippen molar-refractivity contribution in [1.29, 1.82) is 0 Å². The molecule has 2 N–H and O–H groups in total. The Hall–Kier alpha value is -0.0800. The van der Waals surface area contributed by atoms with Crippen LogP contribution in [0.4, 0.5) is 0 Å². The van der Waals surface area contributed by atoms with Crippen LogP contribution in [0.15, 0.2) is 0 Å². The molecule has 4 bridgehead atoms. The van der Waals surface area contributed by atoms with Gasteiger partial charge in [-0.25, -0.2) is 0 Å². The quantitative estimate of drug-likeness (QED) is 0.708. The monoisotopic (exact) mass is 266 g/mol. The second-order valence-corrected chi connectivity index (χ2v) is 7.38. The van der Waals surface area contributed by atoms with Gasteiger partial charge in [0.1, 0.15) is 0 Å². The summed E-state index contributed by atoms with van der Waals surface area (Å²) in [5.74, 6) is 9.73. The third-order valence-corrected chi connectivity index (χ3v) is 7.30. The van der Waals surface area contributed by atoms with Crippen LogP contribution >= 0.6 is 0 Å². The van der Waals surface area contributed by atoms with E-state index < -0.39 is 0 Å². The molecule has 0 aromatic heterocycles. The topological polar surface area (TPSA) is 40.5 Å². The summed E-state index contributed by atoms with van der Waals surface area (Å²) in [5, 5.41) is 14.0. The first kappa shape index (κ1) is 13.9. The van der Waals surface area contributed by atoms with Gasteiger partial charge in [-0.3, -0.25) is 0 Å². The van der Waals surface area contributed by atoms with Crippen molar-refractivity contribution >= 4 is 0 Å². The number of hydrogen-bond donors (Lipinski definition) is 2. The van der Waals surface area contributed by atoms with Crippen molar-refractivity contribution in [2.24, 2.45) is 47.3 Å². The Morgan fingerprint density at radius 3 is 1.32 bits per heavy atom. The summed E-state index contributed by atoms with van der Waals surface area (Å²) in [7, 11) is 2.00. The van der Waals surface area contributed by atoms with Crippen molar-refractivity contribution in [3.63, 3.8) is 0 Å². The first-order valence-electron chi connectivity index (χ1n) is 8.31. The van der Waals surface area contributed by atoms with Crippen molar-refractivity contribution in [3.8, 4) is 0 Å². The van der Waals surface area contributed by atoms with Crippen LogP contribution in [0.3, 0.4) is 0 Å². The van der Waals surface area contributed by atoms with E-state index >= 15 is 0 Å². The lowest BCUT2D eigenvalue weighted by Crippen LogP contribution is -2.27. The van der Waals surface area contributed by atoms with Gasteiger partial charge >= 0.3 is 0 Å². The fourth-order valence-corrected chi connectivity index (χ4v) is 7.12. The van der Waals surface area contributed by atoms with Crippen LogP contribution in [-0.2, 0) is 0 Å². The molecule has 19 heavy (non-hydrogen) atoms. The van der Waals surface area contributed by atoms with Crippen LogP contribution in [0.5, 0.6) is 0 Å². The van der Waals surface area contributed by atoms with Crippen LogP contribution in [-0.4, -0.2) is 24.4 Å². The van der Waals surface area contributed by atoms with Crippen LogP contribution in [0.1, 0.15) is 44.9 Å². The Kier molecular flexibility index (Phi) is 3.92. The summed E-state index contributed by atoms with van der Waals surface area (Å²) in [5.41, 5.74) is 0. The van der Waals surface area contributed by atoms with Gasteiger partial charge in [0.25, 0.3) is 0 Å². The van der Waals surface area contributed by atoms with E-state index in [4.69, 9.17) is 10.2 Å². The lowest BCUT2D eigenvalue weighted by molar-refractivity contribution is 0.153. The van der Waals surface area contributed by atoms with E-state index in [0.717, 1.165) is 14.2 Å². The van der Waals surface area contributed by atoms with E-state index in [-0.39, 0.29) is 0 Å². The van der Waals surface area contributed by atoms with E-state index in [9.17, 15) is 0 Å². The zero-order valence-corrected chi connectivity index (χ0v) is 12.5. The molecule has 5 aliphatic rings. The molecular formula is C17H30O2. The van der Waals surface area contributed by atoms with Gasteiger partial charge in [-0.15, -0.1) is 0 Å². The molecule has 0 amide bonds. The van der Waals surface area contributed by atoms with Gasteiger partial charge in [-0.1, -0.05) is 0 Å². The van der Waals surface area contributed by atoms with Crippen LogP contribution in [0.25, 0.3) is 0 Å². The van der Waals surface area contributed by atoms with Crippen molar-refractivity contribution in [2.75, 3.05) is 14.2 Å². The summed E-state index contributed by atoms with van der Waals surface area (Å²) in [6, 6.07) is 0. The van der Waals surface area contributed by atoms with Gasteiger partial charge in [-0.05, 0) is 92.3 Å². The predicted molar refractivity (Wildman–Crippen MR) is 76.5 cm³/mol. The van der Waals surface area contributed by atoms with E-state index in [1.807, 2.05) is 0 Å². The van der Waals surface area contributed by atoms with E-state index in [2.05, 4.69) is 0 Å². The van der Waals surface area contributed by atoms with Crippen molar-refractivity contribution in [3.05, 3.63) is 0 Å². The predicted octanol–water partition coefficient (Wildman–Crippen LogP) is 2.93. The Morgan fingerprint density at radius 2 is 0.895 bits per heavy atom. The molecule has 0 spiro atoms. The third kappa shape index (κ3) is 1.82. The van der Waals surface area contributed by atoms with Crippen molar-refractivity contribution in [2.45, 2.75) is 44.9 Å². The lowest BCUT2D eigenvalue weighted by Gasteiger charge is -2.33. The minimum Gasteiger partial charge on any atom is -0.400 e. The molecule has 8 atom stereocenters. The SMILES string of the molecule is C1CC2CC1C1CC3C4CCC(C4)C3C21.CO.CO. The number of fused-ring (bicyclic) bond motifs is 11. The maximum Gasteiger partial charge on any atom is 0.0319 e. The zero-order valence-electron chi connectivity index (χ0n) is 12.5. The fraction of sp³-hybridized carbons (Fsp3) is 1.00. The molecule has 8 unspecified atom stereocenters. The van der Waals surface area contributed by atoms with E-state index in [1.165, 1.54) is 47.3 Å². The van der Waals surface area contributed by atoms with Gasteiger partial charge in [0.2, 0.25) is 0 Å². The molecule has 110 valence electrons. The Bertz CT molecular complexity index is 286. The minimum atomic E-state index is 1.00. The summed E-state index contributed by atoms with van der Waals surface area (Å²) >= 11 is 0. The number of hydrogen-bond acceptors (Lipinski definition) is 2. The van der Waals surface area contributed by atoms with Gasteiger partial charge in [0.15, 0.2) is 0 Å². The molecule has 5 aliphatic carbocycles. The van der Waals surface area contributed by atoms with E-state index in [0.29, 0.717) is 0 Å². The molecular weight excluding hydrogens is 236 g/mol. The van der Waals surface area contributed by atoms with Crippen molar-refractivity contribution < 1.29 is 10.2 Å². The average molecular weight is 266 g/mol. The Balaban J connectivity index is 0.000000256. The van der Waals surface area contributed by atoms with Gasteiger partial charge in [0.05, 0.1) is 0 Å². The number of aliphatic hydroxyl groups is 2. The summed E-state index contributed by atoms with van der Waals surface area (Å²) < 4.78 is 0. The molecule has 0 saturated heterocycles. The first-order valence-corrected chi connectivity index (χ1v) is 8.31. The fourth-order valence-electron chi connectivity index (χ4n) is 7.12. The van der Waals surface area contributed by atoms with Gasteiger partial charge < -0.3 is 10.2 Å². The smallest absolute Gasteiger partial charge is 0.0319 e. The molecule has 5 saturated carbocycles. The first-order chi connectivity index (χ1) is 9.42. The Labute approximate surface area is 117 Å². The minimum absolute atomic E-state index is 1.00. The molecule has 2 heteroatoms. The molecule has 0 aromatic rings. The number of aliphatic hydroxyl groups excluding tert-OH is 2. The molecule has 5 rings (SSSR count). The molecule has 0 radical (unpaired) electrons. The van der Waals surface area contributed by atoms with Crippen LogP contribution in [0, 0.1) is 47.3 Å². The van der Waals surface area contributed by atoms with Gasteiger partial charge in [-0.2, -0.15) is 0 Å².